The molecule has 0 radical (unpaired) electrons. The van der Waals surface area contributed by atoms with Crippen LogP contribution in [0.5, 0.6) is 5.75 Å². The van der Waals surface area contributed by atoms with E-state index in [2.05, 4.69) is 0 Å². The molecule has 0 aliphatic carbocycles. The van der Waals surface area contributed by atoms with E-state index in [0.717, 1.165) is 5.56 Å². The predicted octanol–water partition coefficient (Wildman–Crippen LogP) is 3.20. The average molecular weight is 254 g/mol. The van der Waals surface area contributed by atoms with Crippen LogP contribution in [0.25, 0.3) is 0 Å². The van der Waals surface area contributed by atoms with E-state index >= 15 is 0 Å². The number of ether oxygens (including phenoxy) is 1. The van der Waals surface area contributed by atoms with Crippen LogP contribution in [0.3, 0.4) is 0 Å². The van der Waals surface area contributed by atoms with Gasteiger partial charge < -0.3 is 9.84 Å². The molecule has 0 bridgehead atoms. The molecule has 4 heteroatoms. The van der Waals surface area contributed by atoms with Gasteiger partial charge in [0.25, 0.3) is 0 Å². The summed E-state index contributed by atoms with van der Waals surface area (Å²) >= 11 is 0. The summed E-state index contributed by atoms with van der Waals surface area (Å²) in [4.78, 5) is 10.9. The lowest BCUT2D eigenvalue weighted by molar-refractivity contribution is -0.138. The Morgan fingerprint density at radius 2 is 1.94 bits per heavy atom. The molecule has 0 heterocycles. The molecule has 0 unspecified atom stereocenters. The van der Waals surface area contributed by atoms with E-state index in [0.29, 0.717) is 16.9 Å². The zero-order chi connectivity index (χ0) is 14.1. The first-order valence-corrected chi connectivity index (χ1v) is 5.76. The molecule has 0 amide bonds. The van der Waals surface area contributed by atoms with Crippen molar-refractivity contribution < 1.29 is 19.0 Å². The second-order valence-corrected chi connectivity index (χ2v) is 5.14. The Labute approximate surface area is 107 Å². The third-order valence-corrected chi connectivity index (χ3v) is 3.24. The molecule has 18 heavy (non-hydrogen) atoms. The number of halogens is 1. The maximum absolute atomic E-state index is 13.8. The van der Waals surface area contributed by atoms with E-state index in [9.17, 15) is 9.18 Å². The van der Waals surface area contributed by atoms with Gasteiger partial charge in [-0.05, 0) is 31.0 Å². The SMILES string of the molecule is COc1c(C)c(F)cc(C(C)(C)CC(=O)O)c1C. The summed E-state index contributed by atoms with van der Waals surface area (Å²) in [6, 6.07) is 1.41. The number of hydrogen-bond acceptors (Lipinski definition) is 2. The highest BCUT2D eigenvalue weighted by atomic mass is 19.1. The number of rotatable bonds is 4. The third kappa shape index (κ3) is 2.63. The van der Waals surface area contributed by atoms with E-state index in [1.165, 1.54) is 13.2 Å². The fourth-order valence-electron chi connectivity index (χ4n) is 2.34. The van der Waals surface area contributed by atoms with Crippen molar-refractivity contribution in [1.29, 1.82) is 0 Å². The summed E-state index contributed by atoms with van der Waals surface area (Å²) in [7, 11) is 1.49. The van der Waals surface area contributed by atoms with Gasteiger partial charge in [-0.3, -0.25) is 4.79 Å². The van der Waals surface area contributed by atoms with E-state index < -0.39 is 11.4 Å². The molecule has 100 valence electrons. The summed E-state index contributed by atoms with van der Waals surface area (Å²) in [6.45, 7) is 7.05. The van der Waals surface area contributed by atoms with Crippen LogP contribution < -0.4 is 4.74 Å². The number of methoxy groups -OCH3 is 1. The zero-order valence-corrected chi connectivity index (χ0v) is 11.4. The van der Waals surface area contributed by atoms with Crippen LogP contribution in [0, 0.1) is 19.7 Å². The van der Waals surface area contributed by atoms with Crippen LogP contribution in [0.1, 0.15) is 37.0 Å². The molecule has 0 atom stereocenters. The second-order valence-electron chi connectivity index (χ2n) is 5.14. The largest absolute Gasteiger partial charge is 0.496 e. The summed E-state index contributed by atoms with van der Waals surface area (Å²) in [5.41, 5.74) is 1.27. The first-order valence-electron chi connectivity index (χ1n) is 5.76. The Kier molecular flexibility index (Phi) is 3.99. The Balaban J connectivity index is 3.42. The van der Waals surface area contributed by atoms with Gasteiger partial charge in [-0.1, -0.05) is 13.8 Å². The van der Waals surface area contributed by atoms with E-state index in [4.69, 9.17) is 9.84 Å². The van der Waals surface area contributed by atoms with Gasteiger partial charge in [-0.15, -0.1) is 0 Å². The first-order chi connectivity index (χ1) is 8.20. The number of carboxylic acids is 1. The standard InChI is InChI=1S/C14H19FO3/c1-8-10(14(3,4)7-12(16)17)6-11(15)9(2)13(8)18-5/h6H,7H2,1-5H3,(H,16,17). The highest BCUT2D eigenvalue weighted by Gasteiger charge is 2.28. The molecular weight excluding hydrogens is 235 g/mol. The van der Waals surface area contributed by atoms with Gasteiger partial charge >= 0.3 is 5.97 Å². The van der Waals surface area contributed by atoms with Crippen molar-refractivity contribution in [3.05, 3.63) is 28.6 Å². The van der Waals surface area contributed by atoms with Crippen molar-refractivity contribution >= 4 is 5.97 Å². The van der Waals surface area contributed by atoms with Crippen LogP contribution in [0.15, 0.2) is 6.07 Å². The second kappa shape index (κ2) is 4.96. The number of benzene rings is 1. The summed E-state index contributed by atoms with van der Waals surface area (Å²) in [5.74, 6) is -0.784. The zero-order valence-electron chi connectivity index (χ0n) is 11.4. The van der Waals surface area contributed by atoms with Crippen LogP contribution in [-0.4, -0.2) is 18.2 Å². The molecule has 1 aromatic carbocycles. The van der Waals surface area contributed by atoms with Crippen LogP contribution in [0.4, 0.5) is 4.39 Å². The van der Waals surface area contributed by atoms with Crippen LogP contribution >= 0.6 is 0 Å². The third-order valence-electron chi connectivity index (χ3n) is 3.24. The molecule has 1 N–H and O–H groups in total. The van der Waals surface area contributed by atoms with Crippen molar-refractivity contribution in [2.45, 2.75) is 39.5 Å². The number of aliphatic carboxylic acids is 1. The van der Waals surface area contributed by atoms with Gasteiger partial charge in [-0.2, -0.15) is 0 Å². The molecule has 1 aromatic rings. The number of carboxylic acid groups (broad SMARTS) is 1. The minimum Gasteiger partial charge on any atom is -0.496 e. The lowest BCUT2D eigenvalue weighted by Gasteiger charge is -2.27. The van der Waals surface area contributed by atoms with E-state index in [-0.39, 0.29) is 12.2 Å². The lowest BCUT2D eigenvalue weighted by atomic mass is 9.78. The Morgan fingerprint density at radius 1 is 1.39 bits per heavy atom. The van der Waals surface area contributed by atoms with Crippen molar-refractivity contribution in [1.82, 2.24) is 0 Å². The lowest BCUT2D eigenvalue weighted by Crippen LogP contribution is -2.23. The number of hydrogen-bond donors (Lipinski definition) is 1. The van der Waals surface area contributed by atoms with E-state index in [1.54, 1.807) is 20.8 Å². The monoisotopic (exact) mass is 254 g/mol. The highest BCUT2D eigenvalue weighted by Crippen LogP contribution is 2.37. The van der Waals surface area contributed by atoms with Crippen molar-refractivity contribution in [3.63, 3.8) is 0 Å². The van der Waals surface area contributed by atoms with Crippen LogP contribution in [0.2, 0.25) is 0 Å². The fourth-order valence-corrected chi connectivity index (χ4v) is 2.34. The molecule has 0 spiro atoms. The normalized spacial score (nSPS) is 11.4. The summed E-state index contributed by atoms with van der Waals surface area (Å²) < 4.78 is 19.1. The van der Waals surface area contributed by atoms with Crippen molar-refractivity contribution in [2.75, 3.05) is 7.11 Å². The number of carbonyl (C=O) groups is 1. The maximum Gasteiger partial charge on any atom is 0.304 e. The molecule has 0 saturated heterocycles. The molecule has 0 saturated carbocycles. The Morgan fingerprint density at radius 3 is 2.39 bits per heavy atom. The van der Waals surface area contributed by atoms with Crippen LogP contribution in [-0.2, 0) is 10.2 Å². The van der Waals surface area contributed by atoms with Gasteiger partial charge in [0.05, 0.1) is 13.5 Å². The van der Waals surface area contributed by atoms with Gasteiger partial charge in [0.1, 0.15) is 11.6 Å². The molecule has 0 fully saturated rings. The average Bonchev–Trinajstić information content (AvgIpc) is 2.22. The van der Waals surface area contributed by atoms with Crippen molar-refractivity contribution in [2.24, 2.45) is 0 Å². The Hall–Kier alpha value is -1.58. The summed E-state index contributed by atoms with van der Waals surface area (Å²) in [6.07, 6.45) is -0.0561. The van der Waals surface area contributed by atoms with Gasteiger partial charge in [0.15, 0.2) is 0 Å². The molecule has 0 aliphatic heterocycles. The summed E-state index contributed by atoms with van der Waals surface area (Å²) in [5, 5.41) is 8.93. The Bertz CT molecular complexity index is 478. The maximum atomic E-state index is 13.8. The van der Waals surface area contributed by atoms with E-state index in [1.807, 2.05) is 6.92 Å². The predicted molar refractivity (Wildman–Crippen MR) is 67.7 cm³/mol. The molecule has 0 aromatic heterocycles. The topological polar surface area (TPSA) is 46.5 Å². The van der Waals surface area contributed by atoms with Crippen molar-refractivity contribution in [3.8, 4) is 5.75 Å². The fraction of sp³-hybridized carbons (Fsp3) is 0.500. The smallest absolute Gasteiger partial charge is 0.304 e. The highest BCUT2D eigenvalue weighted by molar-refractivity contribution is 5.69. The minimum atomic E-state index is -0.903. The molecular formula is C14H19FO3. The molecule has 1 rings (SSSR count). The quantitative estimate of drug-likeness (QED) is 0.897. The molecule has 3 nitrogen and oxygen atoms in total. The van der Waals surface area contributed by atoms with Gasteiger partial charge in [-0.25, -0.2) is 4.39 Å². The molecule has 0 aliphatic rings. The van der Waals surface area contributed by atoms with Gasteiger partial charge in [0, 0.05) is 11.0 Å². The first kappa shape index (κ1) is 14.5. The van der Waals surface area contributed by atoms with Gasteiger partial charge in [0.2, 0.25) is 0 Å². The minimum absolute atomic E-state index is 0.0561.